The fraction of sp³-hybridized carbons (Fsp3) is 0.625. The summed E-state index contributed by atoms with van der Waals surface area (Å²) in [7, 11) is 1.85. The molecule has 0 fully saturated rings. The van der Waals surface area contributed by atoms with Gasteiger partial charge < -0.3 is 15.1 Å². The number of aryl methyl sites for hydroxylation is 1. The third kappa shape index (κ3) is 22.7. The number of nitrogens with zero attached hydrogens (tertiary/aromatic N) is 1. The second-order valence-electron chi connectivity index (χ2n) is 3.41. The van der Waals surface area contributed by atoms with Gasteiger partial charge in [-0.25, -0.2) is 0 Å². The Morgan fingerprint density at radius 1 is 0.842 bits per heavy atom. The van der Waals surface area contributed by atoms with Crippen LogP contribution in [0.2, 0.25) is 0 Å². The fourth-order valence-electron chi connectivity index (χ4n) is 0.988. The Labute approximate surface area is 119 Å². The summed E-state index contributed by atoms with van der Waals surface area (Å²) < 4.78 is 0. The molecule has 114 valence electrons. The normalized spacial score (nSPS) is 8.26. The highest BCUT2D eigenvalue weighted by Gasteiger charge is 1.91. The standard InChI is InChI=1S/C7H8.C5H13NO2.2C2H6/c1-7-5-3-2-4-6-7;1-6(2-4-7)3-5-8;2*1-2/h2-6H,1H3;7-8H,2-5H2,1H3;2*1-2H3. The van der Waals surface area contributed by atoms with Gasteiger partial charge in [-0.05, 0) is 14.0 Å². The molecule has 1 rings (SSSR count). The zero-order valence-corrected chi connectivity index (χ0v) is 13.6. The molecule has 0 amide bonds. The summed E-state index contributed by atoms with van der Waals surface area (Å²) in [6.45, 7) is 11.7. The summed E-state index contributed by atoms with van der Waals surface area (Å²) in [6, 6.07) is 10.3. The maximum atomic E-state index is 8.34. The van der Waals surface area contributed by atoms with Gasteiger partial charge in [0.05, 0.1) is 13.2 Å². The van der Waals surface area contributed by atoms with E-state index in [4.69, 9.17) is 10.2 Å². The molecule has 0 saturated carbocycles. The minimum atomic E-state index is 0.163. The van der Waals surface area contributed by atoms with Crippen molar-refractivity contribution in [3.05, 3.63) is 35.9 Å². The second kappa shape index (κ2) is 22.3. The summed E-state index contributed by atoms with van der Waals surface area (Å²) in [6.07, 6.45) is 0. The van der Waals surface area contributed by atoms with Crippen molar-refractivity contribution in [2.24, 2.45) is 0 Å². The first-order chi connectivity index (χ1) is 9.20. The molecule has 2 N–H and O–H groups in total. The molecule has 0 bridgehead atoms. The molecule has 0 unspecified atom stereocenters. The van der Waals surface area contributed by atoms with Crippen LogP contribution in [0.25, 0.3) is 0 Å². The van der Waals surface area contributed by atoms with Crippen molar-refractivity contribution < 1.29 is 10.2 Å². The monoisotopic (exact) mass is 271 g/mol. The van der Waals surface area contributed by atoms with E-state index in [9.17, 15) is 0 Å². The zero-order chi connectivity index (χ0) is 15.5. The van der Waals surface area contributed by atoms with Crippen LogP contribution in [0.3, 0.4) is 0 Å². The number of hydrogen-bond donors (Lipinski definition) is 2. The van der Waals surface area contributed by atoms with Crippen LogP contribution in [-0.2, 0) is 0 Å². The summed E-state index contributed by atoms with van der Waals surface area (Å²) in [5.41, 5.74) is 1.32. The molecule has 3 nitrogen and oxygen atoms in total. The molecule has 3 heteroatoms. The molecule has 0 aliphatic carbocycles. The molecule has 0 saturated heterocycles. The van der Waals surface area contributed by atoms with Gasteiger partial charge in [0.25, 0.3) is 0 Å². The Hall–Kier alpha value is -0.900. The highest BCUT2D eigenvalue weighted by molar-refractivity contribution is 5.11. The maximum absolute atomic E-state index is 8.34. The Morgan fingerprint density at radius 3 is 1.42 bits per heavy atom. The lowest BCUT2D eigenvalue weighted by atomic mass is 10.2. The SMILES string of the molecule is CC.CC.CN(CCO)CCO.Cc1ccccc1. The van der Waals surface area contributed by atoms with Gasteiger partial charge in [-0.15, -0.1) is 0 Å². The third-order valence-corrected chi connectivity index (χ3v) is 1.90. The van der Waals surface area contributed by atoms with Crippen molar-refractivity contribution in [2.75, 3.05) is 33.4 Å². The van der Waals surface area contributed by atoms with E-state index in [0.717, 1.165) is 0 Å². The molecule has 0 atom stereocenters. The van der Waals surface area contributed by atoms with Crippen molar-refractivity contribution in [3.8, 4) is 0 Å². The van der Waals surface area contributed by atoms with Crippen molar-refractivity contribution in [2.45, 2.75) is 34.6 Å². The minimum Gasteiger partial charge on any atom is -0.395 e. The van der Waals surface area contributed by atoms with E-state index in [1.165, 1.54) is 5.56 Å². The van der Waals surface area contributed by atoms with Crippen LogP contribution in [0, 0.1) is 6.92 Å². The number of hydrogen-bond acceptors (Lipinski definition) is 3. The quantitative estimate of drug-likeness (QED) is 0.885. The maximum Gasteiger partial charge on any atom is 0.0558 e. The predicted octanol–water partition coefficient (Wildman–Crippen LogP) is 2.95. The molecule has 19 heavy (non-hydrogen) atoms. The average Bonchev–Trinajstić information content (AvgIpc) is 2.45. The molecule has 0 aromatic heterocycles. The van der Waals surface area contributed by atoms with Crippen molar-refractivity contribution >= 4 is 0 Å². The van der Waals surface area contributed by atoms with Gasteiger partial charge >= 0.3 is 0 Å². The molecule has 1 aromatic carbocycles. The Kier molecular flexibility index (Phi) is 27.2. The molecule has 0 aliphatic heterocycles. The topological polar surface area (TPSA) is 43.7 Å². The number of aliphatic hydroxyl groups excluding tert-OH is 2. The van der Waals surface area contributed by atoms with E-state index in [0.29, 0.717) is 13.1 Å². The third-order valence-electron chi connectivity index (χ3n) is 1.90. The van der Waals surface area contributed by atoms with Crippen LogP contribution in [0.15, 0.2) is 30.3 Å². The van der Waals surface area contributed by atoms with Gasteiger partial charge in [0.15, 0.2) is 0 Å². The van der Waals surface area contributed by atoms with Crippen molar-refractivity contribution in [1.82, 2.24) is 4.90 Å². The van der Waals surface area contributed by atoms with E-state index in [-0.39, 0.29) is 13.2 Å². The molecule has 0 aliphatic rings. The Bertz CT molecular complexity index is 221. The van der Waals surface area contributed by atoms with Gasteiger partial charge in [-0.2, -0.15) is 0 Å². The predicted molar refractivity (Wildman–Crippen MR) is 85.5 cm³/mol. The van der Waals surface area contributed by atoms with E-state index in [1.54, 1.807) is 0 Å². The molecule has 1 aromatic rings. The average molecular weight is 271 g/mol. The van der Waals surface area contributed by atoms with E-state index >= 15 is 0 Å². The van der Waals surface area contributed by atoms with Crippen LogP contribution in [-0.4, -0.2) is 48.5 Å². The zero-order valence-electron chi connectivity index (χ0n) is 13.6. The first-order valence-corrected chi connectivity index (χ1v) is 7.12. The molecular weight excluding hydrogens is 238 g/mol. The Morgan fingerprint density at radius 2 is 1.21 bits per heavy atom. The van der Waals surface area contributed by atoms with Crippen LogP contribution >= 0.6 is 0 Å². The summed E-state index contributed by atoms with van der Waals surface area (Å²) in [5, 5.41) is 16.7. The Balaban J connectivity index is -0.000000214. The van der Waals surface area contributed by atoms with Gasteiger partial charge in [-0.1, -0.05) is 63.6 Å². The highest BCUT2D eigenvalue weighted by Crippen LogP contribution is 1.92. The summed E-state index contributed by atoms with van der Waals surface area (Å²) >= 11 is 0. The first-order valence-electron chi connectivity index (χ1n) is 7.12. The summed E-state index contributed by atoms with van der Waals surface area (Å²) in [4.78, 5) is 1.86. The number of benzene rings is 1. The lowest BCUT2D eigenvalue weighted by Gasteiger charge is -2.11. The first kappa shape index (κ1) is 23.2. The van der Waals surface area contributed by atoms with Gasteiger partial charge in [-0.3, -0.25) is 0 Å². The van der Waals surface area contributed by atoms with Gasteiger partial charge in [0.1, 0.15) is 0 Å². The number of likely N-dealkylation sites (N-methyl/N-ethyl adjacent to an activating group) is 1. The van der Waals surface area contributed by atoms with Crippen LogP contribution in [0.5, 0.6) is 0 Å². The fourth-order valence-corrected chi connectivity index (χ4v) is 0.988. The lowest BCUT2D eigenvalue weighted by molar-refractivity contribution is 0.184. The largest absolute Gasteiger partial charge is 0.395 e. The highest BCUT2D eigenvalue weighted by atomic mass is 16.3. The summed E-state index contributed by atoms with van der Waals surface area (Å²) in [5.74, 6) is 0. The van der Waals surface area contributed by atoms with Crippen LogP contribution < -0.4 is 0 Å². The van der Waals surface area contributed by atoms with Crippen LogP contribution in [0.4, 0.5) is 0 Å². The van der Waals surface area contributed by atoms with E-state index in [2.05, 4.69) is 19.1 Å². The molecule has 0 radical (unpaired) electrons. The minimum absolute atomic E-state index is 0.163. The van der Waals surface area contributed by atoms with Gasteiger partial charge in [0, 0.05) is 13.1 Å². The van der Waals surface area contributed by atoms with Crippen molar-refractivity contribution in [3.63, 3.8) is 0 Å². The van der Waals surface area contributed by atoms with Crippen LogP contribution in [0.1, 0.15) is 33.3 Å². The molecule has 0 spiro atoms. The molecule has 0 heterocycles. The number of aliphatic hydroxyl groups is 2. The van der Waals surface area contributed by atoms with E-state index < -0.39 is 0 Å². The number of rotatable bonds is 4. The van der Waals surface area contributed by atoms with Crippen molar-refractivity contribution in [1.29, 1.82) is 0 Å². The second-order valence-corrected chi connectivity index (χ2v) is 3.41. The smallest absolute Gasteiger partial charge is 0.0558 e. The van der Waals surface area contributed by atoms with Gasteiger partial charge in [0.2, 0.25) is 0 Å². The van der Waals surface area contributed by atoms with E-state index in [1.807, 2.05) is 57.8 Å². The molecular formula is C16H33NO2. The lowest BCUT2D eigenvalue weighted by Crippen LogP contribution is -2.25.